The molecule has 0 spiro atoms. The average Bonchev–Trinajstić information content (AvgIpc) is 3.20. The molecule has 2 aliphatic heterocycles. The van der Waals surface area contributed by atoms with Gasteiger partial charge >= 0.3 is 0 Å². The number of rotatable bonds is 4. The molecule has 0 atom stereocenters. The summed E-state index contributed by atoms with van der Waals surface area (Å²) in [6.45, 7) is 3.28. The molecule has 1 N–H and O–H groups in total. The predicted molar refractivity (Wildman–Crippen MR) is 90.0 cm³/mol. The quantitative estimate of drug-likeness (QED) is 0.924. The van der Waals surface area contributed by atoms with E-state index in [0.29, 0.717) is 18.1 Å². The highest BCUT2D eigenvalue weighted by Crippen LogP contribution is 2.40. The molecule has 2 aromatic carbocycles. The van der Waals surface area contributed by atoms with Crippen LogP contribution in [0.1, 0.15) is 22.3 Å². The Morgan fingerprint density at radius 3 is 2.75 bits per heavy atom. The van der Waals surface area contributed by atoms with Crippen molar-refractivity contribution in [2.24, 2.45) is 0 Å². The molecule has 0 saturated carbocycles. The lowest BCUT2D eigenvalue weighted by Gasteiger charge is -2.14. The van der Waals surface area contributed by atoms with Gasteiger partial charge in [0.15, 0.2) is 0 Å². The highest BCUT2D eigenvalue weighted by atomic mass is 32.2. The van der Waals surface area contributed by atoms with E-state index in [9.17, 15) is 8.42 Å². The monoisotopic (exact) mass is 345 g/mol. The summed E-state index contributed by atoms with van der Waals surface area (Å²) < 4.78 is 39.4. The van der Waals surface area contributed by atoms with Gasteiger partial charge in [-0.2, -0.15) is 0 Å². The van der Waals surface area contributed by atoms with Gasteiger partial charge in [0.1, 0.15) is 11.5 Å². The van der Waals surface area contributed by atoms with Gasteiger partial charge < -0.3 is 9.47 Å². The SMILES string of the molecule is Cc1ccccc1S(=O)(=O)NCc1c2c(cc3c1OCC3)OCC2. The maximum absolute atomic E-state index is 12.6. The van der Waals surface area contributed by atoms with Crippen LogP contribution in [0.2, 0.25) is 0 Å². The van der Waals surface area contributed by atoms with Gasteiger partial charge in [-0.15, -0.1) is 0 Å². The molecule has 0 radical (unpaired) electrons. The fourth-order valence-electron chi connectivity index (χ4n) is 3.37. The minimum atomic E-state index is -3.57. The number of hydrogen-bond acceptors (Lipinski definition) is 4. The summed E-state index contributed by atoms with van der Waals surface area (Å²) in [5.74, 6) is 1.69. The largest absolute Gasteiger partial charge is 0.493 e. The number of benzene rings is 2. The molecule has 2 heterocycles. The van der Waals surface area contributed by atoms with Crippen molar-refractivity contribution < 1.29 is 17.9 Å². The van der Waals surface area contributed by atoms with Crippen LogP contribution in [0, 0.1) is 6.92 Å². The molecule has 0 fully saturated rings. The average molecular weight is 345 g/mol. The van der Waals surface area contributed by atoms with Gasteiger partial charge in [-0.05, 0) is 24.6 Å². The first kappa shape index (κ1) is 15.5. The van der Waals surface area contributed by atoms with Crippen LogP contribution in [0.25, 0.3) is 0 Å². The number of hydrogen-bond donors (Lipinski definition) is 1. The van der Waals surface area contributed by atoms with Crippen molar-refractivity contribution >= 4 is 10.0 Å². The van der Waals surface area contributed by atoms with Gasteiger partial charge in [0, 0.05) is 36.1 Å². The first-order valence-corrected chi connectivity index (χ1v) is 9.53. The molecule has 6 heteroatoms. The Labute approximate surface area is 141 Å². The molecular formula is C18H19NO4S. The number of sulfonamides is 1. The van der Waals surface area contributed by atoms with Gasteiger partial charge in [-0.3, -0.25) is 0 Å². The zero-order valence-corrected chi connectivity index (χ0v) is 14.3. The molecule has 24 heavy (non-hydrogen) atoms. The zero-order chi connectivity index (χ0) is 16.7. The normalized spacial score (nSPS) is 15.5. The summed E-state index contributed by atoms with van der Waals surface area (Å²) in [7, 11) is -3.57. The number of fused-ring (bicyclic) bond motifs is 2. The first-order chi connectivity index (χ1) is 11.6. The van der Waals surface area contributed by atoms with E-state index in [1.165, 1.54) is 0 Å². The fourth-order valence-corrected chi connectivity index (χ4v) is 4.61. The molecule has 0 bridgehead atoms. The third-order valence-electron chi connectivity index (χ3n) is 4.58. The second kappa shape index (κ2) is 5.79. The van der Waals surface area contributed by atoms with Gasteiger partial charge in [-0.25, -0.2) is 13.1 Å². The van der Waals surface area contributed by atoms with E-state index in [2.05, 4.69) is 4.72 Å². The van der Waals surface area contributed by atoms with E-state index in [0.717, 1.165) is 46.6 Å². The Morgan fingerprint density at radius 1 is 1.12 bits per heavy atom. The highest BCUT2D eigenvalue weighted by molar-refractivity contribution is 7.89. The van der Waals surface area contributed by atoms with Crippen molar-refractivity contribution in [3.05, 3.63) is 52.6 Å². The third kappa shape index (κ3) is 2.56. The van der Waals surface area contributed by atoms with E-state index < -0.39 is 10.0 Å². The van der Waals surface area contributed by atoms with Crippen molar-refractivity contribution in [2.45, 2.75) is 31.2 Å². The van der Waals surface area contributed by atoms with Crippen LogP contribution in [0.15, 0.2) is 35.2 Å². The smallest absolute Gasteiger partial charge is 0.241 e. The van der Waals surface area contributed by atoms with Gasteiger partial charge in [0.25, 0.3) is 0 Å². The Bertz CT molecular complexity index is 873. The molecule has 126 valence electrons. The molecule has 5 nitrogen and oxygen atoms in total. The summed E-state index contributed by atoms with van der Waals surface area (Å²) in [6.07, 6.45) is 1.62. The summed E-state index contributed by atoms with van der Waals surface area (Å²) in [4.78, 5) is 0.311. The molecule has 2 aromatic rings. The van der Waals surface area contributed by atoms with Crippen molar-refractivity contribution in [2.75, 3.05) is 13.2 Å². The minimum absolute atomic E-state index is 0.214. The van der Waals surface area contributed by atoms with E-state index >= 15 is 0 Å². The van der Waals surface area contributed by atoms with Crippen molar-refractivity contribution in [3.63, 3.8) is 0 Å². The Hall–Kier alpha value is -2.05. The molecule has 4 rings (SSSR count). The summed E-state index contributed by atoms with van der Waals surface area (Å²) in [6, 6.07) is 9.01. The van der Waals surface area contributed by atoms with E-state index in [1.54, 1.807) is 25.1 Å². The van der Waals surface area contributed by atoms with Crippen LogP contribution in [-0.2, 0) is 29.4 Å². The van der Waals surface area contributed by atoms with Gasteiger partial charge in [-0.1, -0.05) is 18.2 Å². The van der Waals surface area contributed by atoms with Crippen molar-refractivity contribution in [3.8, 4) is 11.5 Å². The van der Waals surface area contributed by atoms with Crippen LogP contribution in [-0.4, -0.2) is 21.6 Å². The maximum Gasteiger partial charge on any atom is 0.241 e. The predicted octanol–water partition coefficient (Wildman–Crippen LogP) is 2.34. The molecule has 0 saturated heterocycles. The lowest BCUT2D eigenvalue weighted by Crippen LogP contribution is -2.24. The number of ether oxygens (including phenoxy) is 2. The minimum Gasteiger partial charge on any atom is -0.493 e. The lowest BCUT2D eigenvalue weighted by molar-refractivity contribution is 0.352. The number of aryl methyl sites for hydroxylation is 1. The molecule has 0 amide bonds. The Morgan fingerprint density at radius 2 is 1.92 bits per heavy atom. The van der Waals surface area contributed by atoms with Crippen LogP contribution >= 0.6 is 0 Å². The summed E-state index contributed by atoms with van der Waals surface area (Å²) in [5, 5.41) is 0. The van der Waals surface area contributed by atoms with Crippen molar-refractivity contribution in [1.82, 2.24) is 4.72 Å². The van der Waals surface area contributed by atoms with Crippen LogP contribution < -0.4 is 14.2 Å². The topological polar surface area (TPSA) is 64.6 Å². The fraction of sp³-hybridized carbons (Fsp3) is 0.333. The highest BCUT2D eigenvalue weighted by Gasteiger charge is 2.27. The molecule has 0 aromatic heterocycles. The third-order valence-corrected chi connectivity index (χ3v) is 6.14. The van der Waals surface area contributed by atoms with Crippen LogP contribution in [0.3, 0.4) is 0 Å². The van der Waals surface area contributed by atoms with Gasteiger partial charge in [0.05, 0.1) is 18.1 Å². The maximum atomic E-state index is 12.6. The van der Waals surface area contributed by atoms with E-state index in [1.807, 2.05) is 12.1 Å². The summed E-state index contributed by atoms with van der Waals surface area (Å²) >= 11 is 0. The van der Waals surface area contributed by atoms with Crippen molar-refractivity contribution in [1.29, 1.82) is 0 Å². The van der Waals surface area contributed by atoms with Crippen LogP contribution in [0.4, 0.5) is 0 Å². The van der Waals surface area contributed by atoms with E-state index in [-0.39, 0.29) is 6.54 Å². The first-order valence-electron chi connectivity index (χ1n) is 8.05. The molecule has 2 aliphatic rings. The second-order valence-corrected chi connectivity index (χ2v) is 7.84. The lowest BCUT2D eigenvalue weighted by atomic mass is 10.00. The Kier molecular flexibility index (Phi) is 3.73. The standard InChI is InChI=1S/C18H19NO4S/c1-12-4-2-3-5-17(12)24(20,21)19-11-15-14-7-9-22-16(14)10-13-6-8-23-18(13)15/h2-5,10,19H,6-9,11H2,1H3. The second-order valence-electron chi connectivity index (χ2n) is 6.11. The van der Waals surface area contributed by atoms with E-state index in [4.69, 9.17) is 9.47 Å². The van der Waals surface area contributed by atoms with Crippen LogP contribution in [0.5, 0.6) is 11.5 Å². The molecular weight excluding hydrogens is 326 g/mol. The number of nitrogens with one attached hydrogen (secondary N) is 1. The van der Waals surface area contributed by atoms with Gasteiger partial charge in [0.2, 0.25) is 10.0 Å². The molecule has 0 unspecified atom stereocenters. The zero-order valence-electron chi connectivity index (χ0n) is 13.5. The molecule has 0 aliphatic carbocycles. The Balaban J connectivity index is 1.67. The summed E-state index contributed by atoms with van der Waals surface area (Å²) in [5.41, 5.74) is 3.80.